The number of hydrogen-bond donors (Lipinski definition) is 4. The molecule has 9 nitrogen and oxygen atoms in total. The molecule has 1 heterocycles. The number of amides is 2. The lowest BCUT2D eigenvalue weighted by Gasteiger charge is -2.39. The molecular formula is C23H40N4O5. The third kappa shape index (κ3) is 8.35. The van der Waals surface area contributed by atoms with E-state index in [4.69, 9.17) is 0 Å². The van der Waals surface area contributed by atoms with Crippen molar-refractivity contribution < 1.29 is 24.3 Å². The third-order valence-corrected chi connectivity index (χ3v) is 5.81. The first-order chi connectivity index (χ1) is 15.2. The van der Waals surface area contributed by atoms with Crippen LogP contribution in [0, 0.1) is 0 Å². The predicted octanol–water partition coefficient (Wildman–Crippen LogP) is 1.01. The highest BCUT2D eigenvalue weighted by molar-refractivity contribution is 5.91. The summed E-state index contributed by atoms with van der Waals surface area (Å²) >= 11 is 0. The fourth-order valence-corrected chi connectivity index (χ4v) is 3.86. The zero-order valence-electron chi connectivity index (χ0n) is 20.0. The van der Waals surface area contributed by atoms with Crippen molar-refractivity contribution in [2.75, 3.05) is 7.05 Å². The Hall–Kier alpha value is -2.26. The summed E-state index contributed by atoms with van der Waals surface area (Å²) in [5.41, 5.74) is 0. The molecular weight excluding hydrogens is 412 g/mol. The summed E-state index contributed by atoms with van der Waals surface area (Å²) in [6.45, 7) is 6.81. The van der Waals surface area contributed by atoms with Gasteiger partial charge in [-0.1, -0.05) is 33.1 Å². The number of ketones is 2. The molecule has 4 N–H and O–H groups in total. The molecule has 9 heteroatoms. The smallest absolute Gasteiger partial charge is 0.247 e. The Bertz CT molecular complexity index is 681. The number of nitrogens with zero attached hydrogens (tertiary/aromatic N) is 1. The molecule has 1 rings (SSSR count). The molecule has 32 heavy (non-hydrogen) atoms. The molecule has 1 aliphatic heterocycles. The molecule has 0 aromatic heterocycles. The van der Waals surface area contributed by atoms with Crippen molar-refractivity contribution in [2.24, 2.45) is 0 Å². The molecule has 0 spiro atoms. The fourth-order valence-electron chi connectivity index (χ4n) is 3.86. The Kier molecular flexibility index (Phi) is 12.2. The zero-order valence-corrected chi connectivity index (χ0v) is 20.0. The first-order valence-electron chi connectivity index (χ1n) is 11.6. The second kappa shape index (κ2) is 14.0. The van der Waals surface area contributed by atoms with Crippen LogP contribution in [0.2, 0.25) is 0 Å². The maximum absolute atomic E-state index is 12.9. The van der Waals surface area contributed by atoms with Crippen LogP contribution in [0.1, 0.15) is 72.6 Å². The summed E-state index contributed by atoms with van der Waals surface area (Å²) in [6.07, 6.45) is 6.28. The van der Waals surface area contributed by atoms with Gasteiger partial charge in [0.1, 0.15) is 18.1 Å². The number of nitrogens with one attached hydrogen (secondary N) is 3. The van der Waals surface area contributed by atoms with Gasteiger partial charge in [0.15, 0.2) is 5.78 Å². The monoisotopic (exact) mass is 452 g/mol. The van der Waals surface area contributed by atoms with Crippen LogP contribution in [-0.4, -0.2) is 70.8 Å². The van der Waals surface area contributed by atoms with Gasteiger partial charge in [-0.05, 0) is 46.2 Å². The summed E-state index contributed by atoms with van der Waals surface area (Å²) in [5.74, 6) is -0.954. The maximum Gasteiger partial charge on any atom is 0.247 e. The van der Waals surface area contributed by atoms with Crippen molar-refractivity contribution in [3.05, 3.63) is 12.3 Å². The number of likely N-dealkylation sites (N-methyl/N-ethyl adjacent to an activating group) is 1. The number of hydrogen-bond acceptors (Lipinski definition) is 7. The fraction of sp³-hybridized carbons (Fsp3) is 0.739. The van der Waals surface area contributed by atoms with Crippen molar-refractivity contribution in [1.82, 2.24) is 20.9 Å². The molecule has 0 bridgehead atoms. The van der Waals surface area contributed by atoms with Crippen LogP contribution >= 0.6 is 0 Å². The minimum atomic E-state index is -1.18. The molecule has 5 unspecified atom stereocenters. The number of carbonyl (C=O) groups excluding carboxylic acids is 4. The lowest BCUT2D eigenvalue weighted by Crippen LogP contribution is -2.60. The minimum Gasteiger partial charge on any atom is -0.371 e. The van der Waals surface area contributed by atoms with Crippen LogP contribution in [-0.2, 0) is 19.2 Å². The van der Waals surface area contributed by atoms with Crippen molar-refractivity contribution >= 4 is 23.4 Å². The van der Waals surface area contributed by atoms with Crippen LogP contribution in [0.15, 0.2) is 12.3 Å². The molecule has 0 aliphatic carbocycles. The van der Waals surface area contributed by atoms with Gasteiger partial charge in [0.05, 0.1) is 18.1 Å². The van der Waals surface area contributed by atoms with Crippen LogP contribution < -0.4 is 16.0 Å². The molecule has 0 aromatic rings. The van der Waals surface area contributed by atoms with E-state index in [1.807, 2.05) is 6.92 Å². The van der Waals surface area contributed by atoms with E-state index in [1.165, 1.54) is 31.0 Å². The second-order valence-electron chi connectivity index (χ2n) is 8.42. The Morgan fingerprint density at radius 3 is 2.44 bits per heavy atom. The number of Topliss-reactive ketones (excluding diaryl/α,β-unsaturated/α-hetero) is 2. The van der Waals surface area contributed by atoms with Crippen LogP contribution in [0.5, 0.6) is 0 Å². The highest BCUT2D eigenvalue weighted by Crippen LogP contribution is 2.18. The van der Waals surface area contributed by atoms with Gasteiger partial charge in [-0.2, -0.15) is 0 Å². The number of aliphatic hydroxyl groups excluding tert-OH is 1. The lowest BCUT2D eigenvalue weighted by atomic mass is 10.0. The zero-order chi connectivity index (χ0) is 24.3. The minimum absolute atomic E-state index is 0.0667. The van der Waals surface area contributed by atoms with E-state index < -0.39 is 36.3 Å². The Morgan fingerprint density at radius 2 is 1.91 bits per heavy atom. The predicted molar refractivity (Wildman–Crippen MR) is 123 cm³/mol. The van der Waals surface area contributed by atoms with E-state index in [0.717, 1.165) is 19.3 Å². The van der Waals surface area contributed by atoms with Crippen molar-refractivity contribution in [3.63, 3.8) is 0 Å². The summed E-state index contributed by atoms with van der Waals surface area (Å²) in [7, 11) is 1.71. The quantitative estimate of drug-likeness (QED) is 0.307. The number of carbonyl (C=O) groups is 4. The summed E-state index contributed by atoms with van der Waals surface area (Å²) < 4.78 is 0. The van der Waals surface area contributed by atoms with E-state index in [9.17, 15) is 24.3 Å². The first kappa shape index (κ1) is 27.8. The highest BCUT2D eigenvalue weighted by Gasteiger charge is 2.35. The molecule has 0 fully saturated rings. The van der Waals surface area contributed by atoms with E-state index >= 15 is 0 Å². The Labute approximate surface area is 191 Å². The second-order valence-corrected chi connectivity index (χ2v) is 8.42. The molecule has 0 radical (unpaired) electrons. The van der Waals surface area contributed by atoms with Gasteiger partial charge in [0, 0.05) is 12.6 Å². The summed E-state index contributed by atoms with van der Waals surface area (Å²) in [6, 6.07) is -2.76. The highest BCUT2D eigenvalue weighted by atomic mass is 16.3. The van der Waals surface area contributed by atoms with Gasteiger partial charge in [-0.3, -0.25) is 14.4 Å². The maximum atomic E-state index is 12.9. The Balaban J connectivity index is 3.12. The SMILES string of the molecule is CCCCCC(NC)C(=O)NC1/C=C/N(C(CC)C(C)=O)C(O)C(CCC(C)=O)NC1=O. The number of rotatable bonds is 13. The van der Waals surface area contributed by atoms with Crippen molar-refractivity contribution in [3.8, 4) is 0 Å². The molecule has 5 atom stereocenters. The lowest BCUT2D eigenvalue weighted by molar-refractivity contribution is -0.133. The third-order valence-electron chi connectivity index (χ3n) is 5.81. The largest absolute Gasteiger partial charge is 0.371 e. The van der Waals surface area contributed by atoms with Gasteiger partial charge in [0.25, 0.3) is 0 Å². The average Bonchev–Trinajstić information content (AvgIpc) is 2.74. The molecule has 1 aliphatic rings. The van der Waals surface area contributed by atoms with Gasteiger partial charge >= 0.3 is 0 Å². The molecule has 0 saturated heterocycles. The van der Waals surface area contributed by atoms with E-state index in [2.05, 4.69) is 22.9 Å². The van der Waals surface area contributed by atoms with E-state index in [0.29, 0.717) is 12.8 Å². The summed E-state index contributed by atoms with van der Waals surface area (Å²) in [4.78, 5) is 50.8. The normalized spacial score (nSPS) is 24.0. The van der Waals surface area contributed by atoms with Crippen molar-refractivity contribution in [1.29, 1.82) is 0 Å². The van der Waals surface area contributed by atoms with E-state index in [-0.39, 0.29) is 30.3 Å². The van der Waals surface area contributed by atoms with Crippen LogP contribution in [0.4, 0.5) is 0 Å². The summed E-state index contributed by atoms with van der Waals surface area (Å²) in [5, 5.41) is 19.4. The number of aliphatic hydroxyl groups is 1. The topological polar surface area (TPSA) is 128 Å². The van der Waals surface area contributed by atoms with Gasteiger partial charge in [-0.25, -0.2) is 0 Å². The first-order valence-corrected chi connectivity index (χ1v) is 11.6. The van der Waals surface area contributed by atoms with Crippen LogP contribution in [0.25, 0.3) is 0 Å². The van der Waals surface area contributed by atoms with Gasteiger partial charge < -0.3 is 30.8 Å². The molecule has 182 valence electrons. The average molecular weight is 453 g/mol. The molecule has 0 aromatic carbocycles. The van der Waals surface area contributed by atoms with Crippen molar-refractivity contribution in [2.45, 2.75) is 103 Å². The van der Waals surface area contributed by atoms with Crippen LogP contribution in [0.3, 0.4) is 0 Å². The molecule has 0 saturated carbocycles. The van der Waals surface area contributed by atoms with Gasteiger partial charge in [-0.15, -0.1) is 0 Å². The Morgan fingerprint density at radius 1 is 1.22 bits per heavy atom. The molecule has 2 amide bonds. The van der Waals surface area contributed by atoms with Gasteiger partial charge in [0.2, 0.25) is 11.8 Å². The number of unbranched alkanes of at least 4 members (excludes halogenated alkanes) is 2. The standard InChI is InChI=1S/C23H40N4O5/c1-6-8-9-10-17(24-5)21(30)25-18-13-14-27(20(7-2)16(4)29)23(32)19(26-22(18)31)12-11-15(3)28/h13-14,17-20,23-24,32H,6-12H2,1-5H3,(H,25,30)(H,26,31)/b14-13+. The van der Waals surface area contributed by atoms with E-state index in [1.54, 1.807) is 7.05 Å².